The van der Waals surface area contributed by atoms with Gasteiger partial charge >= 0.3 is 0 Å². The molecule has 2 heterocycles. The first kappa shape index (κ1) is 20.9. The molecule has 0 bridgehead atoms. The maximum absolute atomic E-state index is 12.7. The predicted octanol–water partition coefficient (Wildman–Crippen LogP) is 2.11. The second-order valence-corrected chi connectivity index (χ2v) is 6.31. The Morgan fingerprint density at radius 1 is 1.37 bits per heavy atom. The number of rotatable bonds is 6. The van der Waals surface area contributed by atoms with E-state index in [-0.39, 0.29) is 47.7 Å². The fraction of sp³-hybridized carbons (Fsp3) is 0.375. The third-order valence-electron chi connectivity index (χ3n) is 3.97. The monoisotopic (exact) mass is 414 g/mol. The zero-order valence-corrected chi connectivity index (χ0v) is 16.2. The lowest BCUT2D eigenvalue weighted by Gasteiger charge is -2.27. The van der Waals surface area contributed by atoms with Crippen molar-refractivity contribution in [3.8, 4) is 11.5 Å². The quantitative estimate of drug-likeness (QED) is 0.569. The summed E-state index contributed by atoms with van der Waals surface area (Å²) in [6.07, 6.45) is 0. The molecule has 1 saturated heterocycles. The minimum absolute atomic E-state index is 0. The van der Waals surface area contributed by atoms with E-state index in [1.54, 1.807) is 10.4 Å². The van der Waals surface area contributed by atoms with Crippen molar-refractivity contribution in [2.75, 3.05) is 33.3 Å². The molecule has 0 saturated carbocycles. The molecule has 1 N–H and O–H groups in total. The molecule has 3 rings (SSSR count). The number of nitro groups is 1. The van der Waals surface area contributed by atoms with Crippen LogP contribution in [0.4, 0.5) is 5.69 Å². The molecule has 0 radical (unpaired) electrons. The molecule has 146 valence electrons. The third kappa shape index (κ3) is 4.85. The molecular formula is C16H19ClN4O5S. The molecule has 1 aromatic carbocycles. The van der Waals surface area contributed by atoms with Crippen LogP contribution in [0.2, 0.25) is 0 Å². The van der Waals surface area contributed by atoms with Crippen molar-refractivity contribution in [1.82, 2.24) is 15.2 Å². The van der Waals surface area contributed by atoms with E-state index in [9.17, 15) is 14.9 Å². The summed E-state index contributed by atoms with van der Waals surface area (Å²) in [7, 11) is 1.43. The second-order valence-electron chi connectivity index (χ2n) is 5.59. The van der Waals surface area contributed by atoms with Gasteiger partial charge in [0.05, 0.1) is 29.3 Å². The molecule has 1 fully saturated rings. The number of thiazole rings is 1. The summed E-state index contributed by atoms with van der Waals surface area (Å²) in [4.78, 5) is 29.4. The van der Waals surface area contributed by atoms with Gasteiger partial charge in [-0.15, -0.1) is 23.7 Å². The maximum Gasteiger partial charge on any atom is 0.286 e. The number of nitrogens with zero attached hydrogens (tertiary/aromatic N) is 3. The number of hydrogen-bond donors (Lipinski definition) is 1. The average Bonchev–Trinajstić information content (AvgIpc) is 3.19. The molecule has 0 aliphatic carbocycles. The first-order chi connectivity index (χ1) is 12.6. The van der Waals surface area contributed by atoms with E-state index in [4.69, 9.17) is 9.47 Å². The van der Waals surface area contributed by atoms with Crippen molar-refractivity contribution in [2.45, 2.75) is 6.61 Å². The molecule has 0 spiro atoms. The zero-order chi connectivity index (χ0) is 18.5. The normalized spacial score (nSPS) is 13.6. The summed E-state index contributed by atoms with van der Waals surface area (Å²) in [6, 6.07) is 2.61. The minimum atomic E-state index is -0.579. The molecule has 0 unspecified atom stereocenters. The molecule has 1 aromatic heterocycles. The standard InChI is InChI=1S/C16H18N4O5S.ClH/c1-24-14-6-12(16(21)19-4-2-17-3-5-19)13(20(22)23)7-15(14)25-8-11-9-26-10-18-11;/h6-7,9-10,17H,2-5,8H2,1H3;1H. The van der Waals surface area contributed by atoms with Gasteiger partial charge in [0.2, 0.25) is 0 Å². The fourth-order valence-electron chi connectivity index (χ4n) is 2.64. The van der Waals surface area contributed by atoms with Crippen molar-refractivity contribution < 1.29 is 19.2 Å². The van der Waals surface area contributed by atoms with Crippen LogP contribution in [0.5, 0.6) is 11.5 Å². The van der Waals surface area contributed by atoms with Gasteiger partial charge < -0.3 is 19.7 Å². The highest BCUT2D eigenvalue weighted by atomic mass is 35.5. The van der Waals surface area contributed by atoms with Gasteiger partial charge in [0.25, 0.3) is 11.6 Å². The number of carbonyl (C=O) groups is 1. The number of carbonyl (C=O) groups excluding carboxylic acids is 1. The Labute approximate surface area is 165 Å². The highest BCUT2D eigenvalue weighted by Crippen LogP contribution is 2.36. The van der Waals surface area contributed by atoms with Crippen LogP contribution >= 0.6 is 23.7 Å². The van der Waals surface area contributed by atoms with Crippen molar-refractivity contribution in [2.24, 2.45) is 0 Å². The van der Waals surface area contributed by atoms with Crippen LogP contribution in [-0.4, -0.2) is 54.0 Å². The van der Waals surface area contributed by atoms with Gasteiger partial charge in [-0.25, -0.2) is 4.98 Å². The summed E-state index contributed by atoms with van der Waals surface area (Å²) < 4.78 is 10.9. The van der Waals surface area contributed by atoms with E-state index in [0.29, 0.717) is 31.9 Å². The average molecular weight is 415 g/mol. The largest absolute Gasteiger partial charge is 0.493 e. The molecule has 2 aromatic rings. The van der Waals surface area contributed by atoms with Crippen LogP contribution in [0.3, 0.4) is 0 Å². The lowest BCUT2D eigenvalue weighted by molar-refractivity contribution is -0.385. The smallest absolute Gasteiger partial charge is 0.286 e. The Balaban J connectivity index is 0.00000261. The zero-order valence-electron chi connectivity index (χ0n) is 14.5. The number of hydrogen-bond acceptors (Lipinski definition) is 8. The van der Waals surface area contributed by atoms with E-state index >= 15 is 0 Å². The highest BCUT2D eigenvalue weighted by molar-refractivity contribution is 7.07. The molecule has 1 aliphatic heterocycles. The number of halogens is 1. The Morgan fingerprint density at radius 3 is 2.70 bits per heavy atom. The van der Waals surface area contributed by atoms with E-state index < -0.39 is 4.92 Å². The third-order valence-corrected chi connectivity index (χ3v) is 4.61. The molecule has 1 aliphatic rings. The number of nitrogens with one attached hydrogen (secondary N) is 1. The highest BCUT2D eigenvalue weighted by Gasteiger charge is 2.28. The number of ether oxygens (including phenoxy) is 2. The van der Waals surface area contributed by atoms with Crippen LogP contribution in [-0.2, 0) is 6.61 Å². The number of nitro benzene ring substituents is 1. The van der Waals surface area contributed by atoms with Gasteiger partial charge in [-0.3, -0.25) is 14.9 Å². The molecule has 9 nitrogen and oxygen atoms in total. The summed E-state index contributed by atoms with van der Waals surface area (Å²) in [6.45, 7) is 2.47. The fourth-order valence-corrected chi connectivity index (χ4v) is 3.19. The summed E-state index contributed by atoms with van der Waals surface area (Å²) in [5.74, 6) is 0.0796. The number of amides is 1. The van der Waals surface area contributed by atoms with Gasteiger partial charge in [-0.1, -0.05) is 0 Å². The van der Waals surface area contributed by atoms with Gasteiger partial charge in [0.1, 0.15) is 12.2 Å². The molecule has 0 atom stereocenters. The van der Waals surface area contributed by atoms with Crippen LogP contribution in [0.25, 0.3) is 0 Å². The molecule has 1 amide bonds. The number of piperazine rings is 1. The number of aromatic nitrogens is 1. The molecule has 11 heteroatoms. The maximum atomic E-state index is 12.7. The van der Waals surface area contributed by atoms with Crippen LogP contribution in [0.1, 0.15) is 16.1 Å². The summed E-state index contributed by atoms with van der Waals surface area (Å²) >= 11 is 1.43. The Kier molecular flexibility index (Phi) is 7.34. The van der Waals surface area contributed by atoms with Gasteiger partial charge in [0, 0.05) is 37.6 Å². The van der Waals surface area contributed by atoms with E-state index in [1.165, 1.54) is 30.6 Å². The minimum Gasteiger partial charge on any atom is -0.493 e. The van der Waals surface area contributed by atoms with Crippen molar-refractivity contribution in [3.05, 3.63) is 44.4 Å². The summed E-state index contributed by atoms with van der Waals surface area (Å²) in [5.41, 5.74) is 2.08. The Hall–Kier alpha value is -2.43. The number of methoxy groups -OCH3 is 1. The predicted molar refractivity (Wildman–Crippen MR) is 102 cm³/mol. The van der Waals surface area contributed by atoms with Crippen molar-refractivity contribution >= 4 is 35.3 Å². The number of benzene rings is 1. The lowest BCUT2D eigenvalue weighted by Crippen LogP contribution is -2.46. The first-order valence-corrected chi connectivity index (χ1v) is 8.90. The second kappa shape index (κ2) is 9.49. The van der Waals surface area contributed by atoms with Crippen LogP contribution in [0.15, 0.2) is 23.0 Å². The van der Waals surface area contributed by atoms with Crippen molar-refractivity contribution in [1.29, 1.82) is 0 Å². The molecule has 27 heavy (non-hydrogen) atoms. The summed E-state index contributed by atoms with van der Waals surface area (Å²) in [5, 5.41) is 16.5. The Morgan fingerprint density at radius 2 is 2.11 bits per heavy atom. The molecular weight excluding hydrogens is 396 g/mol. The Bertz CT molecular complexity index is 796. The van der Waals surface area contributed by atoms with Gasteiger partial charge in [0.15, 0.2) is 11.5 Å². The van der Waals surface area contributed by atoms with Crippen LogP contribution in [0, 0.1) is 10.1 Å². The van der Waals surface area contributed by atoms with Crippen LogP contribution < -0.4 is 14.8 Å². The van der Waals surface area contributed by atoms with Gasteiger partial charge in [-0.05, 0) is 0 Å². The first-order valence-electron chi connectivity index (χ1n) is 7.96. The van der Waals surface area contributed by atoms with Gasteiger partial charge in [-0.2, -0.15) is 0 Å². The van der Waals surface area contributed by atoms with E-state index in [2.05, 4.69) is 10.3 Å². The van der Waals surface area contributed by atoms with E-state index in [1.807, 2.05) is 5.38 Å². The topological polar surface area (TPSA) is 107 Å². The lowest BCUT2D eigenvalue weighted by atomic mass is 10.1. The van der Waals surface area contributed by atoms with E-state index in [0.717, 1.165) is 0 Å². The van der Waals surface area contributed by atoms with Crippen molar-refractivity contribution in [3.63, 3.8) is 0 Å². The SMILES string of the molecule is COc1cc(C(=O)N2CCNCC2)c([N+](=O)[O-])cc1OCc1cscn1.Cl.